The van der Waals surface area contributed by atoms with Gasteiger partial charge in [-0.1, -0.05) is 68.8 Å². The monoisotopic (exact) mass is 446 g/mol. The van der Waals surface area contributed by atoms with Gasteiger partial charge in [0.25, 0.3) is 0 Å². The van der Waals surface area contributed by atoms with Crippen LogP contribution in [0.3, 0.4) is 0 Å². The molecule has 1 N–H and O–H groups in total. The predicted octanol–water partition coefficient (Wildman–Crippen LogP) is 7.13. The van der Waals surface area contributed by atoms with E-state index in [1.165, 1.54) is 6.07 Å². The number of rotatable bonds is 8. The fourth-order valence-corrected chi connectivity index (χ4v) is 4.56. The maximum atomic E-state index is 13.2. The Balaban J connectivity index is 1.90. The quantitative estimate of drug-likeness (QED) is 0.439. The summed E-state index contributed by atoms with van der Waals surface area (Å²) in [7, 11) is 0. The Morgan fingerprint density at radius 3 is 2.38 bits per heavy atom. The Bertz CT molecular complexity index is 966. The summed E-state index contributed by atoms with van der Waals surface area (Å²) >= 11 is 0. The minimum absolute atomic E-state index is 0.0678. The van der Waals surface area contributed by atoms with Crippen molar-refractivity contribution < 1.29 is 27.8 Å². The summed E-state index contributed by atoms with van der Waals surface area (Å²) in [6, 6.07) is 14.8. The molecule has 3 rings (SSSR count). The molecule has 32 heavy (non-hydrogen) atoms. The highest BCUT2D eigenvalue weighted by atomic mass is 19.4. The third-order valence-electron chi connectivity index (χ3n) is 6.12. The van der Waals surface area contributed by atoms with Gasteiger partial charge in [-0.3, -0.25) is 0 Å². The number of hydrogen-bond donors (Lipinski definition) is 1. The molecule has 2 aromatic carbocycles. The van der Waals surface area contributed by atoms with Crippen LogP contribution in [0.15, 0.2) is 65.9 Å². The summed E-state index contributed by atoms with van der Waals surface area (Å²) < 4.78 is 45.5. The molecule has 0 fully saturated rings. The largest absolute Gasteiger partial charge is 0.512 e. The number of halogens is 3. The number of carbonyl (C=O) groups excluding carboxylic acids is 1. The molecule has 172 valence electrons. The number of cyclic esters (lactones) is 1. The number of aliphatic hydroxyl groups excluding tert-OH is 1. The van der Waals surface area contributed by atoms with E-state index in [4.69, 9.17) is 4.74 Å². The van der Waals surface area contributed by atoms with Gasteiger partial charge in [0.1, 0.15) is 11.4 Å². The van der Waals surface area contributed by atoms with E-state index in [-0.39, 0.29) is 17.8 Å². The third-order valence-corrected chi connectivity index (χ3v) is 6.12. The molecule has 0 saturated carbocycles. The van der Waals surface area contributed by atoms with Crippen LogP contribution in [-0.4, -0.2) is 16.7 Å². The molecule has 0 aliphatic carbocycles. The summed E-state index contributed by atoms with van der Waals surface area (Å²) in [5, 5.41) is 10.9. The zero-order valence-corrected chi connectivity index (χ0v) is 18.4. The van der Waals surface area contributed by atoms with Gasteiger partial charge in [0.05, 0.1) is 11.1 Å². The number of ether oxygens (including phenoxy) is 1. The number of esters is 1. The second-order valence-electron chi connectivity index (χ2n) is 8.43. The Morgan fingerprint density at radius 1 is 1.06 bits per heavy atom. The number of hydrogen-bond acceptors (Lipinski definition) is 3. The third kappa shape index (κ3) is 5.34. The van der Waals surface area contributed by atoms with E-state index in [0.717, 1.165) is 24.1 Å². The highest BCUT2D eigenvalue weighted by Gasteiger charge is 2.43. The maximum Gasteiger partial charge on any atom is 0.416 e. The Hall–Kier alpha value is -2.76. The first-order chi connectivity index (χ1) is 15.2. The lowest BCUT2D eigenvalue weighted by molar-refractivity contribution is -0.161. The average Bonchev–Trinajstić information content (AvgIpc) is 2.75. The van der Waals surface area contributed by atoms with Crippen LogP contribution in [0, 0.1) is 0 Å². The fraction of sp³-hybridized carbons (Fsp3) is 0.423. The van der Waals surface area contributed by atoms with Gasteiger partial charge in [-0.25, -0.2) is 4.79 Å². The van der Waals surface area contributed by atoms with Crippen LogP contribution in [0.2, 0.25) is 0 Å². The average molecular weight is 447 g/mol. The fourth-order valence-electron chi connectivity index (χ4n) is 4.56. The van der Waals surface area contributed by atoms with Gasteiger partial charge in [-0.2, -0.15) is 13.2 Å². The Kier molecular flexibility index (Phi) is 7.32. The smallest absolute Gasteiger partial charge is 0.416 e. The van der Waals surface area contributed by atoms with E-state index in [2.05, 4.69) is 0 Å². The number of aliphatic hydroxyl groups is 1. The number of aryl methyl sites for hydroxylation is 1. The molecule has 0 amide bonds. The molecule has 0 spiro atoms. The first-order valence-electron chi connectivity index (χ1n) is 11.1. The van der Waals surface area contributed by atoms with Crippen LogP contribution >= 0.6 is 0 Å². The zero-order valence-electron chi connectivity index (χ0n) is 18.4. The molecular weight excluding hydrogens is 417 g/mol. The van der Waals surface area contributed by atoms with E-state index in [0.29, 0.717) is 31.2 Å². The van der Waals surface area contributed by atoms with Crippen molar-refractivity contribution in [2.75, 3.05) is 0 Å². The number of benzene rings is 2. The van der Waals surface area contributed by atoms with Crippen molar-refractivity contribution in [1.29, 1.82) is 0 Å². The standard InChI is InChI=1S/C26H29F3O3/c1-3-14-25(15-13-18-9-6-5-7-10-18)17-22(30)23(24(31)32-25)21(4-2)19-11-8-12-20(16-19)26(27,28)29/h5-12,16,21,30H,3-4,13-15,17H2,1-2H3. The molecule has 6 heteroatoms. The molecule has 0 saturated heterocycles. The van der Waals surface area contributed by atoms with Gasteiger partial charge >= 0.3 is 12.1 Å². The lowest BCUT2D eigenvalue weighted by Crippen LogP contribution is -2.41. The normalized spacial score (nSPS) is 20.2. The van der Waals surface area contributed by atoms with Crippen molar-refractivity contribution in [3.05, 3.63) is 82.6 Å². The van der Waals surface area contributed by atoms with Crippen molar-refractivity contribution in [3.8, 4) is 0 Å². The van der Waals surface area contributed by atoms with Gasteiger partial charge in [-0.05, 0) is 42.9 Å². The minimum atomic E-state index is -4.48. The minimum Gasteiger partial charge on any atom is -0.512 e. The van der Waals surface area contributed by atoms with E-state index in [1.54, 1.807) is 13.0 Å². The van der Waals surface area contributed by atoms with Crippen molar-refractivity contribution in [2.24, 2.45) is 0 Å². The Morgan fingerprint density at radius 2 is 1.78 bits per heavy atom. The molecule has 2 unspecified atom stereocenters. The van der Waals surface area contributed by atoms with Gasteiger partial charge in [0.15, 0.2) is 0 Å². The molecule has 1 aliphatic heterocycles. The van der Waals surface area contributed by atoms with Crippen molar-refractivity contribution in [1.82, 2.24) is 0 Å². The molecule has 2 atom stereocenters. The summed E-state index contributed by atoms with van der Waals surface area (Å²) in [5.41, 5.74) is -0.0718. The van der Waals surface area contributed by atoms with E-state index >= 15 is 0 Å². The van der Waals surface area contributed by atoms with Crippen LogP contribution in [0.1, 0.15) is 68.6 Å². The maximum absolute atomic E-state index is 13.2. The van der Waals surface area contributed by atoms with E-state index < -0.39 is 29.2 Å². The molecule has 0 aromatic heterocycles. The van der Waals surface area contributed by atoms with Gasteiger partial charge in [0, 0.05) is 12.3 Å². The van der Waals surface area contributed by atoms with Crippen LogP contribution in [0.25, 0.3) is 0 Å². The van der Waals surface area contributed by atoms with Gasteiger partial charge in [0.2, 0.25) is 0 Å². The Labute approximate surface area is 186 Å². The number of carbonyl (C=O) groups is 1. The predicted molar refractivity (Wildman–Crippen MR) is 117 cm³/mol. The molecule has 1 aliphatic rings. The van der Waals surface area contributed by atoms with Crippen molar-refractivity contribution in [2.45, 2.75) is 70.1 Å². The van der Waals surface area contributed by atoms with Crippen molar-refractivity contribution >= 4 is 5.97 Å². The van der Waals surface area contributed by atoms with Crippen LogP contribution in [0.4, 0.5) is 13.2 Å². The molecule has 3 nitrogen and oxygen atoms in total. The lowest BCUT2D eigenvalue weighted by Gasteiger charge is -2.38. The summed E-state index contributed by atoms with van der Waals surface area (Å²) in [6.45, 7) is 3.77. The van der Waals surface area contributed by atoms with Crippen LogP contribution in [-0.2, 0) is 22.1 Å². The molecule has 1 heterocycles. The lowest BCUT2D eigenvalue weighted by atomic mass is 9.79. The number of alkyl halides is 3. The SMILES string of the molecule is CCCC1(CCc2ccccc2)CC(O)=C(C(CC)c2cccc(C(F)(F)F)c2)C(=O)O1. The first-order valence-corrected chi connectivity index (χ1v) is 11.1. The van der Waals surface area contributed by atoms with Crippen molar-refractivity contribution in [3.63, 3.8) is 0 Å². The zero-order chi connectivity index (χ0) is 23.4. The van der Waals surface area contributed by atoms with Crippen LogP contribution < -0.4 is 0 Å². The summed E-state index contributed by atoms with van der Waals surface area (Å²) in [5.74, 6) is -1.38. The topological polar surface area (TPSA) is 46.5 Å². The highest BCUT2D eigenvalue weighted by molar-refractivity contribution is 5.92. The highest BCUT2D eigenvalue weighted by Crippen LogP contribution is 2.42. The van der Waals surface area contributed by atoms with Gasteiger partial charge < -0.3 is 9.84 Å². The summed E-state index contributed by atoms with van der Waals surface area (Å²) in [4.78, 5) is 13.1. The van der Waals surface area contributed by atoms with Crippen LogP contribution in [0.5, 0.6) is 0 Å². The van der Waals surface area contributed by atoms with E-state index in [1.807, 2.05) is 37.3 Å². The molecular formula is C26H29F3O3. The molecule has 2 aromatic rings. The molecule has 0 radical (unpaired) electrons. The first kappa shape index (κ1) is 23.9. The van der Waals surface area contributed by atoms with E-state index in [9.17, 15) is 23.1 Å². The summed E-state index contributed by atoms with van der Waals surface area (Å²) in [6.07, 6.45) is -1.31. The second-order valence-corrected chi connectivity index (χ2v) is 8.43. The second kappa shape index (κ2) is 9.80. The molecule has 0 bridgehead atoms. The van der Waals surface area contributed by atoms with Gasteiger partial charge in [-0.15, -0.1) is 0 Å².